The van der Waals surface area contributed by atoms with Crippen LogP contribution in [0.1, 0.15) is 11.4 Å². The molecule has 0 spiro atoms. The first-order valence-corrected chi connectivity index (χ1v) is 5.67. The molecule has 4 heteroatoms. The predicted molar refractivity (Wildman–Crippen MR) is 72.5 cm³/mol. The third-order valence-corrected chi connectivity index (χ3v) is 2.88. The highest BCUT2D eigenvalue weighted by Crippen LogP contribution is 2.25. The second kappa shape index (κ2) is 4.56. The van der Waals surface area contributed by atoms with Crippen molar-refractivity contribution < 1.29 is 4.74 Å². The molecule has 4 nitrogen and oxygen atoms in total. The summed E-state index contributed by atoms with van der Waals surface area (Å²) in [5, 5.41) is 0. The molecule has 0 aliphatic carbocycles. The van der Waals surface area contributed by atoms with Gasteiger partial charge in [0.2, 0.25) is 0 Å². The molecule has 0 atom stereocenters. The molecule has 0 saturated carbocycles. The van der Waals surface area contributed by atoms with Crippen LogP contribution >= 0.6 is 0 Å². The van der Waals surface area contributed by atoms with E-state index in [1.54, 1.807) is 19.2 Å². The highest BCUT2D eigenvalue weighted by Gasteiger charge is 2.06. The Morgan fingerprint density at radius 3 is 2.22 bits per heavy atom. The molecule has 0 radical (unpaired) electrons. The zero-order valence-electron chi connectivity index (χ0n) is 10.7. The molecule has 0 amide bonds. The molecule has 2 rings (SSSR count). The van der Waals surface area contributed by atoms with Gasteiger partial charge >= 0.3 is 0 Å². The average molecular weight is 244 g/mol. The standard InChI is InChI=1S/C14H16N2O2/c1-9-6-12(17)7-10(2)16(9)11-4-5-14(18-3)13(15)8-11/h4-8H,15H2,1-3H3. The third-order valence-electron chi connectivity index (χ3n) is 2.88. The number of nitrogen functional groups attached to an aromatic ring is 1. The Hall–Kier alpha value is -2.23. The molecule has 1 aromatic carbocycles. The zero-order valence-corrected chi connectivity index (χ0v) is 10.7. The number of nitrogens with two attached hydrogens (primary N) is 1. The lowest BCUT2D eigenvalue weighted by Crippen LogP contribution is -2.11. The van der Waals surface area contributed by atoms with Gasteiger partial charge in [0.15, 0.2) is 5.43 Å². The van der Waals surface area contributed by atoms with Gasteiger partial charge < -0.3 is 15.0 Å². The Morgan fingerprint density at radius 1 is 1.11 bits per heavy atom. The van der Waals surface area contributed by atoms with Crippen LogP contribution in [-0.2, 0) is 0 Å². The molecule has 0 fully saturated rings. The second-order valence-electron chi connectivity index (χ2n) is 4.24. The number of aromatic nitrogens is 1. The van der Waals surface area contributed by atoms with Crippen LogP contribution in [0.3, 0.4) is 0 Å². The summed E-state index contributed by atoms with van der Waals surface area (Å²) in [7, 11) is 1.58. The van der Waals surface area contributed by atoms with E-state index in [0.29, 0.717) is 11.4 Å². The SMILES string of the molecule is COc1ccc(-n2c(C)cc(=O)cc2C)cc1N. The lowest BCUT2D eigenvalue weighted by atomic mass is 10.2. The van der Waals surface area contributed by atoms with Gasteiger partial charge in [-0.05, 0) is 32.0 Å². The minimum absolute atomic E-state index is 0.0164. The fourth-order valence-corrected chi connectivity index (χ4v) is 2.13. The molecule has 2 N–H and O–H groups in total. The van der Waals surface area contributed by atoms with Crippen molar-refractivity contribution in [2.24, 2.45) is 0 Å². The molecule has 1 heterocycles. The summed E-state index contributed by atoms with van der Waals surface area (Å²) < 4.78 is 7.11. The van der Waals surface area contributed by atoms with E-state index in [4.69, 9.17) is 10.5 Å². The summed E-state index contributed by atoms with van der Waals surface area (Å²) in [6.07, 6.45) is 0. The number of hydrogen-bond acceptors (Lipinski definition) is 3. The van der Waals surface area contributed by atoms with E-state index in [1.165, 1.54) is 0 Å². The number of benzene rings is 1. The first-order chi connectivity index (χ1) is 8.52. The third kappa shape index (κ3) is 2.09. The molecule has 0 saturated heterocycles. The summed E-state index contributed by atoms with van der Waals surface area (Å²) in [6, 6.07) is 8.78. The summed E-state index contributed by atoms with van der Waals surface area (Å²) in [5.41, 5.74) is 9.17. The molecule has 94 valence electrons. The molecule has 1 aromatic heterocycles. The highest BCUT2D eigenvalue weighted by molar-refractivity contribution is 5.58. The number of methoxy groups -OCH3 is 1. The molecule has 0 aliphatic heterocycles. The Kier molecular flexibility index (Phi) is 3.10. The molecular formula is C14H16N2O2. The zero-order chi connectivity index (χ0) is 13.3. The van der Waals surface area contributed by atoms with Crippen LogP contribution in [0, 0.1) is 13.8 Å². The largest absolute Gasteiger partial charge is 0.495 e. The van der Waals surface area contributed by atoms with E-state index < -0.39 is 0 Å². The molecular weight excluding hydrogens is 228 g/mol. The second-order valence-corrected chi connectivity index (χ2v) is 4.24. The normalized spacial score (nSPS) is 10.4. The number of anilines is 1. The lowest BCUT2D eigenvalue weighted by molar-refractivity contribution is 0.417. The number of hydrogen-bond donors (Lipinski definition) is 1. The monoisotopic (exact) mass is 244 g/mol. The van der Waals surface area contributed by atoms with Crippen molar-refractivity contribution in [3.63, 3.8) is 0 Å². The number of aryl methyl sites for hydroxylation is 2. The van der Waals surface area contributed by atoms with Gasteiger partial charge in [-0.15, -0.1) is 0 Å². The van der Waals surface area contributed by atoms with Crippen LogP contribution in [-0.4, -0.2) is 11.7 Å². The molecule has 18 heavy (non-hydrogen) atoms. The van der Waals surface area contributed by atoms with E-state index in [-0.39, 0.29) is 5.43 Å². The van der Waals surface area contributed by atoms with Crippen molar-refractivity contribution in [2.75, 3.05) is 12.8 Å². The van der Waals surface area contributed by atoms with Gasteiger partial charge in [-0.2, -0.15) is 0 Å². The molecule has 0 bridgehead atoms. The van der Waals surface area contributed by atoms with Crippen LogP contribution in [0.4, 0.5) is 5.69 Å². The Morgan fingerprint density at radius 2 is 1.72 bits per heavy atom. The minimum Gasteiger partial charge on any atom is -0.495 e. The van der Waals surface area contributed by atoms with Crippen molar-refractivity contribution in [3.05, 3.63) is 51.9 Å². The quantitative estimate of drug-likeness (QED) is 0.822. The van der Waals surface area contributed by atoms with E-state index in [0.717, 1.165) is 17.1 Å². The minimum atomic E-state index is 0.0164. The molecule has 2 aromatic rings. The van der Waals surface area contributed by atoms with Crippen molar-refractivity contribution in [1.82, 2.24) is 4.57 Å². The Balaban J connectivity index is 2.62. The smallest absolute Gasteiger partial charge is 0.182 e. The van der Waals surface area contributed by atoms with Gasteiger partial charge in [0.1, 0.15) is 5.75 Å². The van der Waals surface area contributed by atoms with E-state index in [1.807, 2.05) is 36.6 Å². The van der Waals surface area contributed by atoms with Gasteiger partial charge in [0.25, 0.3) is 0 Å². The summed E-state index contributed by atoms with van der Waals surface area (Å²) >= 11 is 0. The van der Waals surface area contributed by atoms with E-state index in [2.05, 4.69) is 0 Å². The molecule has 0 unspecified atom stereocenters. The number of rotatable bonds is 2. The van der Waals surface area contributed by atoms with Gasteiger partial charge in [0, 0.05) is 29.2 Å². The van der Waals surface area contributed by atoms with Crippen molar-refractivity contribution in [3.8, 4) is 11.4 Å². The van der Waals surface area contributed by atoms with Gasteiger partial charge in [0.05, 0.1) is 12.8 Å². The Bertz CT molecular complexity index is 618. The topological polar surface area (TPSA) is 57.2 Å². The average Bonchev–Trinajstić information content (AvgIpc) is 2.27. The summed E-state index contributed by atoms with van der Waals surface area (Å²) in [6.45, 7) is 3.80. The lowest BCUT2D eigenvalue weighted by Gasteiger charge is -2.15. The van der Waals surface area contributed by atoms with Gasteiger partial charge in [-0.1, -0.05) is 0 Å². The maximum atomic E-state index is 11.4. The van der Waals surface area contributed by atoms with E-state index >= 15 is 0 Å². The van der Waals surface area contributed by atoms with Crippen LogP contribution in [0.25, 0.3) is 5.69 Å². The van der Waals surface area contributed by atoms with Crippen LogP contribution < -0.4 is 15.9 Å². The summed E-state index contributed by atoms with van der Waals surface area (Å²) in [5.74, 6) is 0.648. The van der Waals surface area contributed by atoms with Crippen molar-refractivity contribution in [2.45, 2.75) is 13.8 Å². The predicted octanol–water partition coefficient (Wildman–Crippen LogP) is 2.05. The maximum absolute atomic E-state index is 11.4. The first kappa shape index (κ1) is 12.2. The van der Waals surface area contributed by atoms with Crippen molar-refractivity contribution in [1.29, 1.82) is 0 Å². The van der Waals surface area contributed by atoms with Crippen LogP contribution in [0.15, 0.2) is 35.1 Å². The molecule has 0 aliphatic rings. The fourth-order valence-electron chi connectivity index (χ4n) is 2.13. The van der Waals surface area contributed by atoms with E-state index in [9.17, 15) is 4.79 Å². The first-order valence-electron chi connectivity index (χ1n) is 5.67. The fraction of sp³-hybridized carbons (Fsp3) is 0.214. The highest BCUT2D eigenvalue weighted by atomic mass is 16.5. The number of ether oxygens (including phenoxy) is 1. The van der Waals surface area contributed by atoms with Gasteiger partial charge in [-0.3, -0.25) is 4.79 Å². The summed E-state index contributed by atoms with van der Waals surface area (Å²) in [4.78, 5) is 11.4. The van der Waals surface area contributed by atoms with Gasteiger partial charge in [-0.25, -0.2) is 0 Å². The Labute approximate surface area is 106 Å². The van der Waals surface area contributed by atoms with Crippen LogP contribution in [0.5, 0.6) is 5.75 Å². The number of nitrogens with zero attached hydrogens (tertiary/aromatic N) is 1. The maximum Gasteiger partial charge on any atom is 0.182 e. The van der Waals surface area contributed by atoms with Crippen LogP contribution in [0.2, 0.25) is 0 Å². The van der Waals surface area contributed by atoms with Crippen molar-refractivity contribution >= 4 is 5.69 Å². The number of pyridine rings is 1.